The van der Waals surface area contributed by atoms with Gasteiger partial charge in [0.1, 0.15) is 6.07 Å². The van der Waals surface area contributed by atoms with Crippen LogP contribution in [0.1, 0.15) is 31.4 Å². The summed E-state index contributed by atoms with van der Waals surface area (Å²) in [6.07, 6.45) is 1.29. The molecule has 0 bridgehead atoms. The van der Waals surface area contributed by atoms with Crippen LogP contribution in [0.25, 0.3) is 0 Å². The number of nitrogens with one attached hydrogen (secondary N) is 1. The van der Waals surface area contributed by atoms with Crippen LogP contribution in [0.4, 0.5) is 5.69 Å². The Hall–Kier alpha value is -1.57. The zero-order chi connectivity index (χ0) is 14.4. The Morgan fingerprint density at radius 2 is 2.30 bits per heavy atom. The number of nitriles is 1. The van der Waals surface area contributed by atoms with E-state index in [-0.39, 0.29) is 6.10 Å². The maximum atomic E-state index is 9.39. The number of morpholine rings is 1. The highest BCUT2D eigenvalue weighted by Gasteiger charge is 2.21. The van der Waals surface area contributed by atoms with Gasteiger partial charge in [-0.25, -0.2) is 0 Å². The van der Waals surface area contributed by atoms with E-state index >= 15 is 0 Å². The van der Waals surface area contributed by atoms with Gasteiger partial charge in [-0.1, -0.05) is 19.9 Å². The molecule has 1 N–H and O–H groups in total. The van der Waals surface area contributed by atoms with Crippen molar-refractivity contribution in [3.8, 4) is 6.07 Å². The molecule has 0 aromatic heterocycles. The van der Waals surface area contributed by atoms with E-state index in [2.05, 4.69) is 42.3 Å². The van der Waals surface area contributed by atoms with Crippen molar-refractivity contribution in [1.82, 2.24) is 5.32 Å². The maximum absolute atomic E-state index is 9.39. The molecule has 1 heterocycles. The van der Waals surface area contributed by atoms with Gasteiger partial charge in [-0.2, -0.15) is 5.26 Å². The van der Waals surface area contributed by atoms with E-state index in [0.29, 0.717) is 0 Å². The van der Waals surface area contributed by atoms with Crippen molar-refractivity contribution in [3.05, 3.63) is 29.3 Å². The Kier molecular flexibility index (Phi) is 5.40. The molecule has 1 aliphatic rings. The highest BCUT2D eigenvalue weighted by molar-refractivity contribution is 5.60. The predicted molar refractivity (Wildman–Crippen MR) is 80.8 cm³/mol. The first kappa shape index (κ1) is 14.8. The topological polar surface area (TPSA) is 48.3 Å². The molecule has 20 heavy (non-hydrogen) atoms. The molecule has 0 aliphatic carbocycles. The lowest BCUT2D eigenvalue weighted by atomic mass is 10.1. The molecule has 1 fully saturated rings. The van der Waals surface area contributed by atoms with Crippen molar-refractivity contribution < 1.29 is 4.74 Å². The van der Waals surface area contributed by atoms with Crippen LogP contribution < -0.4 is 10.2 Å². The fraction of sp³-hybridized carbons (Fsp3) is 0.562. The molecule has 1 aromatic rings. The van der Waals surface area contributed by atoms with Gasteiger partial charge in [-0.15, -0.1) is 0 Å². The lowest BCUT2D eigenvalue weighted by Gasteiger charge is -2.34. The molecular formula is C16H23N3O. The van der Waals surface area contributed by atoms with E-state index in [4.69, 9.17) is 4.74 Å². The Morgan fingerprint density at radius 1 is 1.45 bits per heavy atom. The second kappa shape index (κ2) is 7.28. The number of benzene rings is 1. The van der Waals surface area contributed by atoms with Crippen LogP contribution in [0.15, 0.2) is 18.2 Å². The quantitative estimate of drug-likeness (QED) is 0.894. The van der Waals surface area contributed by atoms with Crippen molar-refractivity contribution in [2.45, 2.75) is 32.9 Å². The van der Waals surface area contributed by atoms with Gasteiger partial charge in [0.05, 0.1) is 24.0 Å². The van der Waals surface area contributed by atoms with E-state index < -0.39 is 0 Å². The Balaban J connectivity index is 2.16. The minimum Gasteiger partial charge on any atom is -0.375 e. The molecule has 0 radical (unpaired) electrons. The number of hydrogen-bond acceptors (Lipinski definition) is 4. The third-order valence-electron chi connectivity index (χ3n) is 3.70. The van der Waals surface area contributed by atoms with Crippen molar-refractivity contribution in [3.63, 3.8) is 0 Å². The van der Waals surface area contributed by atoms with E-state index in [1.165, 1.54) is 0 Å². The lowest BCUT2D eigenvalue weighted by Crippen LogP contribution is -2.42. The molecule has 2 rings (SSSR count). The van der Waals surface area contributed by atoms with Gasteiger partial charge in [0.25, 0.3) is 0 Å². The molecule has 1 atom stereocenters. The third kappa shape index (κ3) is 3.50. The van der Waals surface area contributed by atoms with Gasteiger partial charge in [0, 0.05) is 19.6 Å². The van der Waals surface area contributed by atoms with Crippen LogP contribution in [0, 0.1) is 11.3 Å². The van der Waals surface area contributed by atoms with Gasteiger partial charge in [-0.3, -0.25) is 0 Å². The smallest absolute Gasteiger partial charge is 0.101 e. The zero-order valence-electron chi connectivity index (χ0n) is 12.4. The number of nitrogens with zero attached hydrogens (tertiary/aromatic N) is 2. The molecule has 4 heteroatoms. The molecular weight excluding hydrogens is 250 g/mol. The van der Waals surface area contributed by atoms with Crippen molar-refractivity contribution in [1.29, 1.82) is 5.26 Å². The van der Waals surface area contributed by atoms with Gasteiger partial charge in [-0.05, 0) is 30.7 Å². The van der Waals surface area contributed by atoms with Crippen molar-refractivity contribution in [2.75, 3.05) is 31.1 Å². The Morgan fingerprint density at radius 3 is 3.00 bits per heavy atom. The molecule has 1 unspecified atom stereocenters. The second-order valence-electron chi connectivity index (χ2n) is 5.09. The summed E-state index contributed by atoms with van der Waals surface area (Å²) in [4.78, 5) is 2.27. The number of rotatable bonds is 5. The molecule has 1 aromatic carbocycles. The summed E-state index contributed by atoms with van der Waals surface area (Å²) in [6, 6.07) is 8.51. The molecule has 4 nitrogen and oxygen atoms in total. The zero-order valence-corrected chi connectivity index (χ0v) is 12.4. The molecule has 1 saturated heterocycles. The Labute approximate surface area is 121 Å². The van der Waals surface area contributed by atoms with Crippen LogP contribution in [-0.4, -0.2) is 32.3 Å². The predicted octanol–water partition coefficient (Wildman–Crippen LogP) is 2.28. The molecule has 0 amide bonds. The largest absolute Gasteiger partial charge is 0.375 e. The van der Waals surface area contributed by atoms with E-state index in [1.807, 2.05) is 6.07 Å². The van der Waals surface area contributed by atoms with Crippen LogP contribution in [0.2, 0.25) is 0 Å². The van der Waals surface area contributed by atoms with Crippen molar-refractivity contribution >= 4 is 5.69 Å². The minimum atomic E-state index is 0.275. The van der Waals surface area contributed by atoms with Gasteiger partial charge >= 0.3 is 0 Å². The summed E-state index contributed by atoms with van der Waals surface area (Å²) in [5, 5.41) is 12.7. The highest BCUT2D eigenvalue weighted by Crippen LogP contribution is 2.24. The summed E-state index contributed by atoms with van der Waals surface area (Å²) in [5.74, 6) is 0. The van der Waals surface area contributed by atoms with Crippen molar-refractivity contribution in [2.24, 2.45) is 0 Å². The summed E-state index contributed by atoms with van der Waals surface area (Å²) in [7, 11) is 0. The first-order valence-electron chi connectivity index (χ1n) is 7.38. The standard InChI is InChI=1S/C16H23N3O/c1-3-15-12-19(7-8-20-15)16-6-5-13(11-18-4-2)9-14(16)10-17/h5-6,9,15,18H,3-4,7-8,11-12H2,1-2H3. The average molecular weight is 273 g/mol. The fourth-order valence-corrected chi connectivity index (χ4v) is 2.51. The molecule has 0 spiro atoms. The number of hydrogen-bond donors (Lipinski definition) is 1. The summed E-state index contributed by atoms with van der Waals surface area (Å²) in [5.41, 5.74) is 2.96. The number of anilines is 1. The number of ether oxygens (including phenoxy) is 1. The summed E-state index contributed by atoms with van der Waals surface area (Å²) in [6.45, 7) is 8.44. The first-order valence-corrected chi connectivity index (χ1v) is 7.38. The van der Waals surface area contributed by atoms with Gasteiger partial charge in [0.2, 0.25) is 0 Å². The molecule has 108 valence electrons. The summed E-state index contributed by atoms with van der Waals surface area (Å²) < 4.78 is 5.69. The van der Waals surface area contributed by atoms with Crippen LogP contribution in [0.5, 0.6) is 0 Å². The van der Waals surface area contributed by atoms with E-state index in [0.717, 1.165) is 56.0 Å². The van der Waals surface area contributed by atoms with Gasteiger partial charge < -0.3 is 15.0 Å². The second-order valence-corrected chi connectivity index (χ2v) is 5.09. The Bertz CT molecular complexity index is 481. The van der Waals surface area contributed by atoms with Crippen LogP contribution >= 0.6 is 0 Å². The monoisotopic (exact) mass is 273 g/mol. The molecule has 1 aliphatic heterocycles. The highest BCUT2D eigenvalue weighted by atomic mass is 16.5. The maximum Gasteiger partial charge on any atom is 0.101 e. The third-order valence-corrected chi connectivity index (χ3v) is 3.70. The summed E-state index contributed by atoms with van der Waals surface area (Å²) >= 11 is 0. The molecule has 0 saturated carbocycles. The van der Waals surface area contributed by atoms with Crippen LogP contribution in [0.3, 0.4) is 0 Å². The van der Waals surface area contributed by atoms with Crippen LogP contribution in [-0.2, 0) is 11.3 Å². The lowest BCUT2D eigenvalue weighted by molar-refractivity contribution is 0.0384. The first-order chi connectivity index (χ1) is 9.78. The van der Waals surface area contributed by atoms with E-state index in [9.17, 15) is 5.26 Å². The van der Waals surface area contributed by atoms with Gasteiger partial charge in [0.15, 0.2) is 0 Å². The normalized spacial score (nSPS) is 18.9. The minimum absolute atomic E-state index is 0.275. The fourth-order valence-electron chi connectivity index (χ4n) is 2.51. The van der Waals surface area contributed by atoms with E-state index in [1.54, 1.807) is 0 Å². The SMILES string of the molecule is CCNCc1ccc(N2CCOC(CC)C2)c(C#N)c1. The average Bonchev–Trinajstić information content (AvgIpc) is 2.52.